The highest BCUT2D eigenvalue weighted by Crippen LogP contribution is 2.32. The first-order chi connectivity index (χ1) is 18.7. The third-order valence-corrected chi connectivity index (χ3v) is 9.62. The van der Waals surface area contributed by atoms with Gasteiger partial charge in [-0.3, -0.25) is 9.10 Å². The van der Waals surface area contributed by atoms with Gasteiger partial charge in [0.25, 0.3) is 5.91 Å². The molecule has 1 heterocycles. The molecule has 1 aliphatic rings. The van der Waals surface area contributed by atoms with E-state index in [9.17, 15) is 34.8 Å². The molecular formula is C26H27F3N4O5S2. The zero-order valence-electron chi connectivity index (χ0n) is 21.6. The number of amides is 1. The summed E-state index contributed by atoms with van der Waals surface area (Å²) in [6.07, 6.45) is -3.45. The molecule has 0 radical (unpaired) electrons. The molecule has 0 bridgehead atoms. The van der Waals surface area contributed by atoms with Gasteiger partial charge in [0.05, 0.1) is 28.0 Å². The van der Waals surface area contributed by atoms with Crippen LogP contribution >= 0.6 is 0 Å². The molecule has 3 aromatic rings. The monoisotopic (exact) mass is 596 g/mol. The molecule has 0 saturated carbocycles. The summed E-state index contributed by atoms with van der Waals surface area (Å²) in [5.74, 6) is -0.576. The number of alkyl halides is 3. The number of para-hydroxylation sites is 1. The van der Waals surface area contributed by atoms with Crippen LogP contribution in [0.15, 0.2) is 77.7 Å². The van der Waals surface area contributed by atoms with Crippen LogP contribution in [-0.2, 0) is 26.2 Å². The van der Waals surface area contributed by atoms with Crippen LogP contribution in [0.3, 0.4) is 0 Å². The Morgan fingerprint density at radius 2 is 1.50 bits per heavy atom. The second-order valence-electron chi connectivity index (χ2n) is 9.17. The number of rotatable bonds is 7. The molecular weight excluding hydrogens is 569 g/mol. The van der Waals surface area contributed by atoms with E-state index in [0.717, 1.165) is 22.7 Å². The molecule has 1 amide bonds. The van der Waals surface area contributed by atoms with Gasteiger partial charge in [-0.15, -0.1) is 0 Å². The van der Waals surface area contributed by atoms with Crippen molar-refractivity contribution in [3.05, 3.63) is 83.9 Å². The fourth-order valence-corrected chi connectivity index (χ4v) is 6.18. The maximum Gasteiger partial charge on any atom is 0.416 e. The molecule has 0 aromatic heterocycles. The van der Waals surface area contributed by atoms with Crippen LogP contribution in [0.5, 0.6) is 0 Å². The molecule has 0 aliphatic carbocycles. The molecule has 1 fully saturated rings. The van der Waals surface area contributed by atoms with Crippen LogP contribution < -0.4 is 14.5 Å². The molecule has 0 atom stereocenters. The molecule has 14 heteroatoms. The number of anilines is 3. The van der Waals surface area contributed by atoms with E-state index in [0.29, 0.717) is 11.4 Å². The molecule has 40 heavy (non-hydrogen) atoms. The number of sulfonamides is 2. The summed E-state index contributed by atoms with van der Waals surface area (Å²) in [6.45, 7) is 0.607. The van der Waals surface area contributed by atoms with Crippen LogP contribution in [-0.4, -0.2) is 66.5 Å². The molecule has 0 spiro atoms. The molecule has 214 valence electrons. The van der Waals surface area contributed by atoms with Gasteiger partial charge in [-0.1, -0.05) is 18.2 Å². The molecule has 4 rings (SSSR count). The van der Waals surface area contributed by atoms with Crippen molar-refractivity contribution in [1.29, 1.82) is 0 Å². The number of carbonyl (C=O) groups is 1. The summed E-state index contributed by atoms with van der Waals surface area (Å²) in [6, 6.07) is 16.6. The van der Waals surface area contributed by atoms with Gasteiger partial charge in [0.2, 0.25) is 20.0 Å². The van der Waals surface area contributed by atoms with Crippen molar-refractivity contribution in [2.75, 3.05) is 54.0 Å². The minimum atomic E-state index is -4.47. The summed E-state index contributed by atoms with van der Waals surface area (Å²) in [5.41, 5.74) is 0.210. The number of hydrogen-bond acceptors (Lipinski definition) is 6. The fraction of sp³-hybridized carbons (Fsp3) is 0.269. The van der Waals surface area contributed by atoms with Gasteiger partial charge in [-0.25, -0.2) is 16.8 Å². The van der Waals surface area contributed by atoms with Gasteiger partial charge in [0, 0.05) is 44.6 Å². The van der Waals surface area contributed by atoms with E-state index in [4.69, 9.17) is 0 Å². The van der Waals surface area contributed by atoms with Crippen molar-refractivity contribution >= 4 is 43.0 Å². The number of benzene rings is 3. The number of piperazine rings is 1. The van der Waals surface area contributed by atoms with Crippen molar-refractivity contribution in [1.82, 2.24) is 4.31 Å². The fourth-order valence-electron chi connectivity index (χ4n) is 4.24. The SMILES string of the molecule is CN(c1ccccc1C(=O)Nc1ccc(S(=O)(=O)N2CCN(c3cccc(C(F)(F)F)c3)CC2)cc1)S(C)(=O)=O. The summed E-state index contributed by atoms with van der Waals surface area (Å²) < 4.78 is 91.8. The maximum absolute atomic E-state index is 13.2. The summed E-state index contributed by atoms with van der Waals surface area (Å²) >= 11 is 0. The Bertz CT molecular complexity index is 1600. The summed E-state index contributed by atoms with van der Waals surface area (Å²) in [4.78, 5) is 14.6. The Morgan fingerprint density at radius 3 is 2.10 bits per heavy atom. The van der Waals surface area contributed by atoms with Crippen molar-refractivity contribution in [2.24, 2.45) is 0 Å². The van der Waals surface area contributed by atoms with Crippen molar-refractivity contribution < 1.29 is 34.8 Å². The van der Waals surface area contributed by atoms with Gasteiger partial charge in [-0.05, 0) is 54.6 Å². The zero-order chi connectivity index (χ0) is 29.3. The average molecular weight is 597 g/mol. The topological polar surface area (TPSA) is 107 Å². The smallest absolute Gasteiger partial charge is 0.369 e. The lowest BCUT2D eigenvalue weighted by Crippen LogP contribution is -2.48. The van der Waals surface area contributed by atoms with Gasteiger partial charge < -0.3 is 10.2 Å². The normalized spacial score (nSPS) is 15.1. The number of hydrogen-bond donors (Lipinski definition) is 1. The second kappa shape index (κ2) is 11.1. The Balaban J connectivity index is 1.43. The largest absolute Gasteiger partial charge is 0.416 e. The molecule has 9 nitrogen and oxygen atoms in total. The molecule has 3 aromatic carbocycles. The number of halogens is 3. The highest BCUT2D eigenvalue weighted by molar-refractivity contribution is 7.92. The van der Waals surface area contributed by atoms with E-state index < -0.39 is 37.7 Å². The minimum Gasteiger partial charge on any atom is -0.369 e. The highest BCUT2D eigenvalue weighted by atomic mass is 32.2. The quantitative estimate of drug-likeness (QED) is 0.444. The lowest BCUT2D eigenvalue weighted by molar-refractivity contribution is -0.137. The number of nitrogens with zero attached hydrogens (tertiary/aromatic N) is 3. The average Bonchev–Trinajstić information content (AvgIpc) is 2.92. The lowest BCUT2D eigenvalue weighted by atomic mass is 10.1. The lowest BCUT2D eigenvalue weighted by Gasteiger charge is -2.35. The van der Waals surface area contributed by atoms with E-state index in [1.54, 1.807) is 23.1 Å². The molecule has 0 unspecified atom stereocenters. The van der Waals surface area contributed by atoms with Crippen LogP contribution in [0.4, 0.5) is 30.2 Å². The third-order valence-electron chi connectivity index (χ3n) is 6.51. The van der Waals surface area contributed by atoms with Crippen LogP contribution in [0.2, 0.25) is 0 Å². The van der Waals surface area contributed by atoms with Crippen molar-refractivity contribution in [3.63, 3.8) is 0 Å². The van der Waals surface area contributed by atoms with Crippen LogP contribution in [0.1, 0.15) is 15.9 Å². The number of nitrogens with one attached hydrogen (secondary N) is 1. The Labute approximate surface area is 230 Å². The predicted octanol–water partition coefficient (Wildman–Crippen LogP) is 3.86. The standard InChI is InChI=1S/C26H27F3N4O5S2/c1-31(39(2,35)36)24-9-4-3-8-23(24)25(34)30-20-10-12-22(13-11-20)40(37,38)33-16-14-32(15-17-33)21-7-5-6-19(18-21)26(27,28)29/h3-13,18H,14-17H2,1-2H3,(H,30,34). The Kier molecular flexibility index (Phi) is 8.15. The maximum atomic E-state index is 13.2. The van der Waals surface area contributed by atoms with Crippen LogP contribution in [0, 0.1) is 0 Å². The highest BCUT2D eigenvalue weighted by Gasteiger charge is 2.32. The third kappa shape index (κ3) is 6.40. The zero-order valence-corrected chi connectivity index (χ0v) is 23.2. The molecule has 1 aliphatic heterocycles. The first-order valence-electron chi connectivity index (χ1n) is 12.0. The van der Waals surface area contributed by atoms with Crippen molar-refractivity contribution in [2.45, 2.75) is 11.1 Å². The van der Waals surface area contributed by atoms with E-state index >= 15 is 0 Å². The van der Waals surface area contributed by atoms with Gasteiger partial charge in [-0.2, -0.15) is 17.5 Å². The predicted molar refractivity (Wildman–Crippen MR) is 146 cm³/mol. The molecule has 1 saturated heterocycles. The van der Waals surface area contributed by atoms with E-state index in [1.807, 2.05) is 0 Å². The van der Waals surface area contributed by atoms with Crippen molar-refractivity contribution in [3.8, 4) is 0 Å². The number of carbonyl (C=O) groups excluding carboxylic acids is 1. The first-order valence-corrected chi connectivity index (χ1v) is 15.3. The van der Waals surface area contributed by atoms with Gasteiger partial charge >= 0.3 is 6.18 Å². The molecule has 1 N–H and O–H groups in total. The first kappa shape index (κ1) is 29.4. The van der Waals surface area contributed by atoms with Gasteiger partial charge in [0.15, 0.2) is 0 Å². The summed E-state index contributed by atoms with van der Waals surface area (Å²) in [7, 11) is -6.17. The van der Waals surface area contributed by atoms with E-state index in [1.165, 1.54) is 53.8 Å². The van der Waals surface area contributed by atoms with Crippen LogP contribution in [0.25, 0.3) is 0 Å². The Hall–Kier alpha value is -3.62. The van der Waals surface area contributed by atoms with E-state index in [-0.39, 0.29) is 42.3 Å². The summed E-state index contributed by atoms with van der Waals surface area (Å²) in [5, 5.41) is 2.65. The van der Waals surface area contributed by atoms with Gasteiger partial charge in [0.1, 0.15) is 0 Å². The Morgan fingerprint density at radius 1 is 0.875 bits per heavy atom. The minimum absolute atomic E-state index is 0.00442. The van der Waals surface area contributed by atoms with E-state index in [2.05, 4.69) is 5.32 Å². The second-order valence-corrected chi connectivity index (χ2v) is 13.1.